The van der Waals surface area contributed by atoms with Crippen LogP contribution in [0.15, 0.2) is 58.5 Å². The zero-order chi connectivity index (χ0) is 22.0. The molecule has 158 valence electrons. The molecule has 2 aromatic heterocycles. The number of nitrogens with one attached hydrogen (secondary N) is 2. The van der Waals surface area contributed by atoms with E-state index in [2.05, 4.69) is 15.3 Å². The number of hydrogen-bond donors (Lipinski definition) is 2. The number of rotatable bonds is 6. The van der Waals surface area contributed by atoms with E-state index in [1.165, 1.54) is 23.1 Å². The van der Waals surface area contributed by atoms with E-state index in [4.69, 9.17) is 4.74 Å². The number of benzene rings is 2. The molecule has 31 heavy (non-hydrogen) atoms. The highest BCUT2D eigenvalue weighted by molar-refractivity contribution is 7.99. The van der Waals surface area contributed by atoms with E-state index in [1.54, 1.807) is 7.11 Å². The summed E-state index contributed by atoms with van der Waals surface area (Å²) in [4.78, 5) is 34.4. The Morgan fingerprint density at radius 2 is 1.97 bits per heavy atom. The maximum absolute atomic E-state index is 12.8. The van der Waals surface area contributed by atoms with Crippen LogP contribution in [0.5, 0.6) is 5.75 Å². The molecular formula is C23H21N3O3S2. The Labute approximate surface area is 187 Å². The van der Waals surface area contributed by atoms with Crippen LogP contribution in [0.25, 0.3) is 21.3 Å². The molecule has 0 radical (unpaired) electrons. The molecule has 0 aliphatic heterocycles. The third kappa shape index (κ3) is 4.50. The summed E-state index contributed by atoms with van der Waals surface area (Å²) in [7, 11) is 1.56. The van der Waals surface area contributed by atoms with Crippen LogP contribution in [-0.4, -0.2) is 28.7 Å². The fraction of sp³-hybridized carbons (Fsp3) is 0.174. The van der Waals surface area contributed by atoms with Crippen molar-refractivity contribution in [3.8, 4) is 16.9 Å². The molecular weight excluding hydrogens is 430 g/mol. The second kappa shape index (κ2) is 8.95. The van der Waals surface area contributed by atoms with Crippen molar-refractivity contribution in [1.29, 1.82) is 0 Å². The van der Waals surface area contributed by atoms with Crippen molar-refractivity contribution in [2.24, 2.45) is 0 Å². The molecule has 4 aromatic rings. The molecule has 4 rings (SSSR count). The van der Waals surface area contributed by atoms with Crippen molar-refractivity contribution < 1.29 is 9.53 Å². The fourth-order valence-corrected chi connectivity index (χ4v) is 5.12. The van der Waals surface area contributed by atoms with Gasteiger partial charge in [0.2, 0.25) is 5.91 Å². The zero-order valence-corrected chi connectivity index (χ0v) is 18.9. The van der Waals surface area contributed by atoms with E-state index in [-0.39, 0.29) is 17.2 Å². The highest BCUT2D eigenvalue weighted by Crippen LogP contribution is 2.36. The Bertz CT molecular complexity index is 1310. The van der Waals surface area contributed by atoms with Gasteiger partial charge in [0.1, 0.15) is 10.6 Å². The van der Waals surface area contributed by atoms with Gasteiger partial charge in [-0.3, -0.25) is 9.59 Å². The minimum atomic E-state index is -0.205. The minimum absolute atomic E-state index is 0.113. The molecule has 0 atom stereocenters. The van der Waals surface area contributed by atoms with Crippen LogP contribution in [0.2, 0.25) is 0 Å². The molecule has 0 saturated carbocycles. The largest absolute Gasteiger partial charge is 0.495 e. The molecule has 2 heterocycles. The molecule has 0 saturated heterocycles. The number of carbonyl (C=O) groups excluding carboxylic acids is 1. The minimum Gasteiger partial charge on any atom is -0.495 e. The van der Waals surface area contributed by atoms with Gasteiger partial charge in [0.05, 0.1) is 23.9 Å². The number of aromatic amines is 1. The van der Waals surface area contributed by atoms with Gasteiger partial charge in [0, 0.05) is 10.4 Å². The lowest BCUT2D eigenvalue weighted by atomic mass is 10.0. The monoisotopic (exact) mass is 451 g/mol. The number of aromatic nitrogens is 2. The van der Waals surface area contributed by atoms with Crippen molar-refractivity contribution in [2.75, 3.05) is 18.2 Å². The summed E-state index contributed by atoms with van der Waals surface area (Å²) in [5.41, 5.74) is 3.34. The smallest absolute Gasteiger partial charge is 0.260 e. The van der Waals surface area contributed by atoms with Crippen LogP contribution in [0.3, 0.4) is 0 Å². The van der Waals surface area contributed by atoms with Crippen LogP contribution in [0.1, 0.15) is 10.4 Å². The summed E-state index contributed by atoms with van der Waals surface area (Å²) in [5.74, 6) is 0.505. The first-order valence-corrected chi connectivity index (χ1v) is 11.4. The number of amides is 1. The quantitative estimate of drug-likeness (QED) is 0.318. The zero-order valence-electron chi connectivity index (χ0n) is 17.3. The molecule has 8 heteroatoms. The van der Waals surface area contributed by atoms with E-state index in [1.807, 2.05) is 62.4 Å². The summed E-state index contributed by atoms with van der Waals surface area (Å²) < 4.78 is 5.30. The number of thiophene rings is 1. The average Bonchev–Trinajstić information content (AvgIpc) is 3.09. The van der Waals surface area contributed by atoms with Crippen LogP contribution in [0.4, 0.5) is 5.69 Å². The third-order valence-electron chi connectivity index (χ3n) is 4.75. The van der Waals surface area contributed by atoms with Gasteiger partial charge in [-0.1, -0.05) is 48.2 Å². The number of H-pyrrole nitrogens is 1. The first kappa shape index (κ1) is 21.1. The normalized spacial score (nSPS) is 10.9. The van der Waals surface area contributed by atoms with Crippen molar-refractivity contribution in [2.45, 2.75) is 19.0 Å². The Hall–Kier alpha value is -3.10. The van der Waals surface area contributed by atoms with Crippen molar-refractivity contribution in [3.05, 3.63) is 69.3 Å². The molecule has 1 amide bonds. The lowest BCUT2D eigenvalue weighted by Crippen LogP contribution is -2.16. The highest BCUT2D eigenvalue weighted by atomic mass is 32.2. The topological polar surface area (TPSA) is 84.1 Å². The van der Waals surface area contributed by atoms with Gasteiger partial charge in [-0.2, -0.15) is 0 Å². The van der Waals surface area contributed by atoms with Crippen LogP contribution in [0, 0.1) is 13.8 Å². The van der Waals surface area contributed by atoms with Gasteiger partial charge in [-0.15, -0.1) is 11.3 Å². The number of ether oxygens (including phenoxy) is 1. The van der Waals surface area contributed by atoms with Crippen LogP contribution in [-0.2, 0) is 4.79 Å². The number of methoxy groups -OCH3 is 1. The lowest BCUT2D eigenvalue weighted by molar-refractivity contribution is -0.113. The number of aryl methyl sites for hydroxylation is 2. The molecule has 6 nitrogen and oxygen atoms in total. The summed E-state index contributed by atoms with van der Waals surface area (Å²) >= 11 is 2.68. The Balaban J connectivity index is 1.54. The van der Waals surface area contributed by atoms with E-state index < -0.39 is 0 Å². The molecule has 2 N–H and O–H groups in total. The Kier molecular flexibility index (Phi) is 6.11. The van der Waals surface area contributed by atoms with Crippen LogP contribution >= 0.6 is 23.1 Å². The predicted molar refractivity (Wildman–Crippen MR) is 127 cm³/mol. The Morgan fingerprint density at radius 1 is 1.19 bits per heavy atom. The second-order valence-corrected chi connectivity index (χ2v) is 9.16. The summed E-state index contributed by atoms with van der Waals surface area (Å²) in [6, 6.07) is 15.4. The van der Waals surface area contributed by atoms with Gasteiger partial charge in [-0.05, 0) is 37.1 Å². The number of thioether (sulfide) groups is 1. The molecule has 0 unspecified atom stereocenters. The standard InChI is InChI=1S/C23H21N3O3S2/c1-13-9-10-17(29-3)16(11-13)24-18(27)12-30-23-25-21(28)20-19(14(2)31-22(20)26-23)15-7-5-4-6-8-15/h4-11H,12H2,1-3H3,(H,24,27)(H,25,26,28). The first-order chi connectivity index (χ1) is 15.0. The van der Waals surface area contributed by atoms with E-state index in [9.17, 15) is 9.59 Å². The lowest BCUT2D eigenvalue weighted by Gasteiger charge is -2.10. The number of carbonyl (C=O) groups is 1. The molecule has 0 bridgehead atoms. The predicted octanol–water partition coefficient (Wildman–Crippen LogP) is 5.01. The number of fused-ring (bicyclic) bond motifs is 1. The molecule has 0 spiro atoms. The molecule has 0 aliphatic carbocycles. The van der Waals surface area contributed by atoms with E-state index in [0.717, 1.165) is 21.6 Å². The van der Waals surface area contributed by atoms with Gasteiger partial charge >= 0.3 is 0 Å². The van der Waals surface area contributed by atoms with E-state index in [0.29, 0.717) is 26.8 Å². The van der Waals surface area contributed by atoms with Gasteiger partial charge in [-0.25, -0.2) is 4.98 Å². The van der Waals surface area contributed by atoms with Gasteiger partial charge < -0.3 is 15.0 Å². The van der Waals surface area contributed by atoms with Crippen molar-refractivity contribution >= 4 is 44.9 Å². The maximum Gasteiger partial charge on any atom is 0.260 e. The number of anilines is 1. The molecule has 0 aliphatic rings. The third-order valence-corrected chi connectivity index (χ3v) is 6.62. The SMILES string of the molecule is COc1ccc(C)cc1NC(=O)CSc1nc2sc(C)c(-c3ccccc3)c2c(=O)[nH]1. The number of nitrogens with zero attached hydrogens (tertiary/aromatic N) is 1. The fourth-order valence-electron chi connectivity index (χ4n) is 3.36. The first-order valence-electron chi connectivity index (χ1n) is 9.62. The highest BCUT2D eigenvalue weighted by Gasteiger charge is 2.17. The van der Waals surface area contributed by atoms with Crippen LogP contribution < -0.4 is 15.6 Å². The molecule has 2 aromatic carbocycles. The average molecular weight is 452 g/mol. The van der Waals surface area contributed by atoms with Crippen molar-refractivity contribution in [1.82, 2.24) is 9.97 Å². The van der Waals surface area contributed by atoms with Crippen molar-refractivity contribution in [3.63, 3.8) is 0 Å². The van der Waals surface area contributed by atoms with Gasteiger partial charge in [0.25, 0.3) is 5.56 Å². The summed E-state index contributed by atoms with van der Waals surface area (Å²) in [6.45, 7) is 3.93. The Morgan fingerprint density at radius 3 is 2.71 bits per heavy atom. The second-order valence-electron chi connectivity index (χ2n) is 6.99. The molecule has 0 fully saturated rings. The summed E-state index contributed by atoms with van der Waals surface area (Å²) in [6.07, 6.45) is 0. The van der Waals surface area contributed by atoms with Gasteiger partial charge in [0.15, 0.2) is 5.16 Å². The maximum atomic E-state index is 12.8. The number of hydrogen-bond acceptors (Lipinski definition) is 6. The summed E-state index contributed by atoms with van der Waals surface area (Å²) in [5, 5.41) is 3.87. The van der Waals surface area contributed by atoms with E-state index >= 15 is 0 Å².